The molecule has 0 aromatic heterocycles. The minimum atomic E-state index is -4.16. The van der Waals surface area contributed by atoms with E-state index in [-0.39, 0.29) is 19.5 Å². The molecule has 0 saturated heterocycles. The van der Waals surface area contributed by atoms with E-state index >= 15 is 0 Å². The van der Waals surface area contributed by atoms with Crippen LogP contribution < -0.4 is 0 Å². The molecule has 0 saturated carbocycles. The number of phosphoric ester groups is 1. The highest BCUT2D eigenvalue weighted by Crippen LogP contribution is 2.43. The van der Waals surface area contributed by atoms with Gasteiger partial charge in [-0.2, -0.15) is 0 Å². The van der Waals surface area contributed by atoms with Gasteiger partial charge in [0.1, 0.15) is 19.3 Å². The van der Waals surface area contributed by atoms with Gasteiger partial charge in [0, 0.05) is 26.4 Å². The summed E-state index contributed by atoms with van der Waals surface area (Å²) >= 11 is 0. The Morgan fingerprint density at radius 3 is 1.63 bits per heavy atom. The van der Waals surface area contributed by atoms with Gasteiger partial charge in [-0.3, -0.25) is 9.05 Å². The maximum atomic E-state index is 12.4. The standard InChI is InChI=1S/C33H70NO8P/c1-7-10-11-12-13-14-15-16-17-18-19-20-21-23-27-37-30-32(31-42-43(35,36)41-29-26-34(4,5)6)40-28-24-22-25-33(38-8-2)39-9-3/h32-33H,7-31H2,1-6H3/p+1/t32-/m1/s1. The molecule has 0 aliphatic carbocycles. The number of hydrogen-bond donors (Lipinski definition) is 1. The molecule has 9 nitrogen and oxygen atoms in total. The van der Waals surface area contributed by atoms with Crippen molar-refractivity contribution in [2.45, 2.75) is 142 Å². The summed E-state index contributed by atoms with van der Waals surface area (Å²) < 4.78 is 46.5. The lowest BCUT2D eigenvalue weighted by Gasteiger charge is -2.24. The molecular formula is C33H71NO8P+. The summed E-state index contributed by atoms with van der Waals surface area (Å²) in [5.41, 5.74) is 0. The zero-order valence-corrected chi connectivity index (χ0v) is 29.9. The summed E-state index contributed by atoms with van der Waals surface area (Å²) in [6.07, 6.45) is 20.4. The van der Waals surface area contributed by atoms with E-state index in [1.54, 1.807) is 0 Å². The second-order valence-electron chi connectivity index (χ2n) is 12.6. The molecule has 0 amide bonds. The van der Waals surface area contributed by atoms with Gasteiger partial charge in [0.15, 0.2) is 6.29 Å². The first-order valence-electron chi connectivity index (χ1n) is 17.5. The van der Waals surface area contributed by atoms with Gasteiger partial charge in [0.25, 0.3) is 0 Å². The summed E-state index contributed by atoms with van der Waals surface area (Å²) in [5.74, 6) is 0. The monoisotopic (exact) mass is 640 g/mol. The molecule has 0 aliphatic heterocycles. The first-order chi connectivity index (χ1) is 20.6. The molecule has 0 spiro atoms. The first kappa shape index (κ1) is 42.9. The molecule has 1 N–H and O–H groups in total. The Hall–Kier alpha value is -0.0900. The Morgan fingerprint density at radius 2 is 1.12 bits per heavy atom. The van der Waals surface area contributed by atoms with Gasteiger partial charge in [0.05, 0.1) is 34.4 Å². The van der Waals surface area contributed by atoms with Gasteiger partial charge in [-0.25, -0.2) is 4.57 Å². The van der Waals surface area contributed by atoms with Crippen LogP contribution in [-0.4, -0.2) is 95.7 Å². The quantitative estimate of drug-likeness (QED) is 0.0325. The summed E-state index contributed by atoms with van der Waals surface area (Å²) in [6.45, 7) is 9.58. The van der Waals surface area contributed by atoms with E-state index in [2.05, 4.69) is 6.92 Å². The Bertz CT molecular complexity index is 629. The van der Waals surface area contributed by atoms with Crippen LogP contribution in [0.25, 0.3) is 0 Å². The molecule has 43 heavy (non-hydrogen) atoms. The van der Waals surface area contributed by atoms with Crippen LogP contribution in [0.3, 0.4) is 0 Å². The van der Waals surface area contributed by atoms with Gasteiger partial charge in [-0.1, -0.05) is 90.4 Å². The zero-order chi connectivity index (χ0) is 32.1. The lowest BCUT2D eigenvalue weighted by Crippen LogP contribution is -2.37. The maximum absolute atomic E-state index is 12.4. The Morgan fingerprint density at radius 1 is 0.605 bits per heavy atom. The predicted octanol–water partition coefficient (Wildman–Crippen LogP) is 8.28. The molecule has 0 radical (unpaired) electrons. The lowest BCUT2D eigenvalue weighted by atomic mass is 10.0. The normalized spacial score (nSPS) is 14.4. The molecule has 0 aromatic rings. The first-order valence-corrected chi connectivity index (χ1v) is 19.0. The minimum absolute atomic E-state index is 0.0581. The molecule has 260 valence electrons. The molecule has 0 fully saturated rings. The number of ether oxygens (including phenoxy) is 4. The summed E-state index contributed by atoms with van der Waals surface area (Å²) in [5, 5.41) is 0. The van der Waals surface area contributed by atoms with Crippen LogP contribution >= 0.6 is 7.82 Å². The highest BCUT2D eigenvalue weighted by Gasteiger charge is 2.25. The average Bonchev–Trinajstić information content (AvgIpc) is 2.94. The third kappa shape index (κ3) is 31.7. The van der Waals surface area contributed by atoms with Gasteiger partial charge >= 0.3 is 7.82 Å². The second kappa shape index (κ2) is 29.3. The van der Waals surface area contributed by atoms with Crippen molar-refractivity contribution >= 4 is 7.82 Å². The molecular weight excluding hydrogens is 569 g/mol. The number of unbranched alkanes of at least 4 members (excludes halogenated alkanes) is 14. The summed E-state index contributed by atoms with van der Waals surface area (Å²) in [7, 11) is 1.83. The number of nitrogens with zero attached hydrogens (tertiary/aromatic N) is 1. The van der Waals surface area contributed by atoms with Gasteiger partial charge in [-0.05, 0) is 39.5 Å². The van der Waals surface area contributed by atoms with E-state index in [0.29, 0.717) is 44.1 Å². The Balaban J connectivity index is 4.22. The fourth-order valence-electron chi connectivity index (χ4n) is 4.65. The van der Waals surface area contributed by atoms with Crippen LogP contribution in [0.5, 0.6) is 0 Å². The van der Waals surface area contributed by atoms with Crippen molar-refractivity contribution in [3.8, 4) is 0 Å². The fourth-order valence-corrected chi connectivity index (χ4v) is 5.39. The average molecular weight is 641 g/mol. The molecule has 1 unspecified atom stereocenters. The fraction of sp³-hybridized carbons (Fsp3) is 1.00. The van der Waals surface area contributed by atoms with E-state index in [9.17, 15) is 9.46 Å². The number of likely N-dealkylation sites (N-methyl/N-ethyl adjacent to an activating group) is 1. The van der Waals surface area contributed by atoms with Crippen molar-refractivity contribution in [1.29, 1.82) is 0 Å². The third-order valence-electron chi connectivity index (χ3n) is 7.28. The zero-order valence-electron chi connectivity index (χ0n) is 29.0. The number of rotatable bonds is 34. The van der Waals surface area contributed by atoms with Crippen LogP contribution in [0.2, 0.25) is 0 Å². The smallest absolute Gasteiger partial charge is 0.379 e. The number of quaternary nitrogens is 1. The van der Waals surface area contributed by atoms with Crippen LogP contribution in [0.4, 0.5) is 0 Å². The maximum Gasteiger partial charge on any atom is 0.472 e. The second-order valence-corrected chi connectivity index (χ2v) is 14.1. The number of hydrogen-bond acceptors (Lipinski definition) is 7. The summed E-state index contributed by atoms with van der Waals surface area (Å²) in [6, 6.07) is 0. The Labute approximate surface area is 265 Å². The van der Waals surface area contributed by atoms with E-state index < -0.39 is 13.9 Å². The van der Waals surface area contributed by atoms with E-state index in [4.69, 9.17) is 28.0 Å². The van der Waals surface area contributed by atoms with Crippen molar-refractivity contribution in [2.24, 2.45) is 0 Å². The Kier molecular flexibility index (Phi) is 29.3. The van der Waals surface area contributed by atoms with Gasteiger partial charge in [0.2, 0.25) is 0 Å². The molecule has 0 heterocycles. The van der Waals surface area contributed by atoms with Crippen molar-refractivity contribution < 1.29 is 41.9 Å². The number of phosphoric acid groups is 1. The van der Waals surface area contributed by atoms with E-state index in [1.807, 2.05) is 35.0 Å². The van der Waals surface area contributed by atoms with Crippen LogP contribution in [0.15, 0.2) is 0 Å². The third-order valence-corrected chi connectivity index (χ3v) is 8.26. The summed E-state index contributed by atoms with van der Waals surface area (Å²) in [4.78, 5) is 10.1. The van der Waals surface area contributed by atoms with Crippen molar-refractivity contribution in [1.82, 2.24) is 0 Å². The molecule has 0 rings (SSSR count). The highest BCUT2D eigenvalue weighted by atomic mass is 31.2. The highest BCUT2D eigenvalue weighted by molar-refractivity contribution is 7.47. The largest absolute Gasteiger partial charge is 0.472 e. The SMILES string of the molecule is CCCCCCCCCCCCCCCCOC[C@H](COP(=O)(O)OCC[N+](C)(C)C)OCCCCC(OCC)OCC. The van der Waals surface area contributed by atoms with Crippen LogP contribution in [-0.2, 0) is 32.6 Å². The van der Waals surface area contributed by atoms with Crippen molar-refractivity contribution in [3.05, 3.63) is 0 Å². The topological polar surface area (TPSA) is 92.7 Å². The minimum Gasteiger partial charge on any atom is -0.379 e. The molecule has 0 aliphatic rings. The predicted molar refractivity (Wildman–Crippen MR) is 176 cm³/mol. The van der Waals surface area contributed by atoms with Crippen molar-refractivity contribution in [3.63, 3.8) is 0 Å². The van der Waals surface area contributed by atoms with Gasteiger partial charge in [-0.15, -0.1) is 0 Å². The molecule has 0 aromatic carbocycles. The molecule has 2 atom stereocenters. The van der Waals surface area contributed by atoms with E-state index in [0.717, 1.165) is 32.1 Å². The van der Waals surface area contributed by atoms with Gasteiger partial charge < -0.3 is 28.3 Å². The van der Waals surface area contributed by atoms with E-state index in [1.165, 1.54) is 77.0 Å². The molecule has 0 bridgehead atoms. The van der Waals surface area contributed by atoms with Crippen LogP contribution in [0.1, 0.15) is 130 Å². The lowest BCUT2D eigenvalue weighted by molar-refractivity contribution is -0.870. The van der Waals surface area contributed by atoms with Crippen LogP contribution in [0, 0.1) is 0 Å². The molecule has 10 heteroatoms. The van der Waals surface area contributed by atoms with Crippen molar-refractivity contribution in [2.75, 3.05) is 73.9 Å².